The Kier molecular flexibility index (Phi) is 5.41. The van der Waals surface area contributed by atoms with Crippen molar-refractivity contribution in [3.05, 3.63) is 0 Å². The number of amides is 3. The number of rotatable bonds is 5. The van der Waals surface area contributed by atoms with E-state index in [4.69, 9.17) is 5.11 Å². The van der Waals surface area contributed by atoms with E-state index in [1.165, 1.54) is 6.92 Å². The molecule has 7 heteroatoms. The fourth-order valence-corrected chi connectivity index (χ4v) is 1.72. The van der Waals surface area contributed by atoms with Crippen molar-refractivity contribution in [2.24, 2.45) is 0 Å². The number of nitrogens with zero attached hydrogens (tertiary/aromatic N) is 1. The minimum Gasteiger partial charge on any atom is -0.480 e. The van der Waals surface area contributed by atoms with Crippen LogP contribution in [0.2, 0.25) is 0 Å². The number of nitrogens with one attached hydrogen (secondary N) is 2. The van der Waals surface area contributed by atoms with Crippen LogP contribution in [0.15, 0.2) is 0 Å². The molecule has 3 amide bonds. The minimum absolute atomic E-state index is 0.0269. The second-order valence-electron chi connectivity index (χ2n) is 4.30. The van der Waals surface area contributed by atoms with Crippen molar-refractivity contribution in [3.8, 4) is 0 Å². The van der Waals surface area contributed by atoms with Gasteiger partial charge in [-0.15, -0.1) is 0 Å². The Morgan fingerprint density at radius 2 is 1.89 bits per heavy atom. The van der Waals surface area contributed by atoms with Gasteiger partial charge in [0, 0.05) is 26.1 Å². The van der Waals surface area contributed by atoms with E-state index in [1.54, 1.807) is 4.90 Å². The molecule has 7 nitrogen and oxygen atoms in total. The Bertz CT molecular complexity index is 326. The van der Waals surface area contributed by atoms with Gasteiger partial charge >= 0.3 is 12.0 Å². The molecule has 0 aromatic rings. The van der Waals surface area contributed by atoms with E-state index in [0.717, 1.165) is 25.9 Å². The van der Waals surface area contributed by atoms with Crippen molar-refractivity contribution in [1.29, 1.82) is 0 Å². The van der Waals surface area contributed by atoms with Crippen LogP contribution >= 0.6 is 0 Å². The highest BCUT2D eigenvalue weighted by Crippen LogP contribution is 2.08. The summed E-state index contributed by atoms with van der Waals surface area (Å²) in [4.78, 5) is 35.1. The molecule has 102 valence electrons. The summed E-state index contributed by atoms with van der Waals surface area (Å²) in [6.07, 6.45) is 2.32. The molecule has 1 aliphatic rings. The summed E-state index contributed by atoms with van der Waals surface area (Å²) in [5.74, 6) is -1.07. The SMILES string of the molecule is C[C@@H](NC(=O)NCCC(=O)N1CCCC1)C(=O)O. The third-order valence-corrected chi connectivity index (χ3v) is 2.80. The Morgan fingerprint density at radius 1 is 1.28 bits per heavy atom. The third kappa shape index (κ3) is 4.60. The van der Waals surface area contributed by atoms with Crippen LogP contribution in [-0.2, 0) is 9.59 Å². The van der Waals surface area contributed by atoms with Crippen LogP contribution in [0.3, 0.4) is 0 Å². The molecule has 0 bridgehead atoms. The van der Waals surface area contributed by atoms with E-state index >= 15 is 0 Å². The highest BCUT2D eigenvalue weighted by Gasteiger charge is 2.18. The Labute approximate surface area is 106 Å². The molecule has 1 aliphatic heterocycles. The summed E-state index contributed by atoms with van der Waals surface area (Å²) in [5, 5.41) is 13.3. The van der Waals surface area contributed by atoms with Gasteiger partial charge in [0.05, 0.1) is 0 Å². The van der Waals surface area contributed by atoms with Crippen molar-refractivity contribution in [2.75, 3.05) is 19.6 Å². The topological polar surface area (TPSA) is 98.7 Å². The van der Waals surface area contributed by atoms with E-state index in [9.17, 15) is 14.4 Å². The van der Waals surface area contributed by atoms with Gasteiger partial charge in [-0.1, -0.05) is 0 Å². The third-order valence-electron chi connectivity index (χ3n) is 2.80. The lowest BCUT2D eigenvalue weighted by atomic mass is 10.3. The van der Waals surface area contributed by atoms with E-state index in [1.807, 2.05) is 0 Å². The van der Waals surface area contributed by atoms with Gasteiger partial charge in [-0.3, -0.25) is 9.59 Å². The molecule has 1 fully saturated rings. The maximum Gasteiger partial charge on any atom is 0.325 e. The van der Waals surface area contributed by atoms with E-state index < -0.39 is 18.0 Å². The first-order valence-corrected chi connectivity index (χ1v) is 6.05. The monoisotopic (exact) mass is 257 g/mol. The van der Waals surface area contributed by atoms with Gasteiger partial charge in [-0.05, 0) is 19.8 Å². The molecule has 0 aliphatic carbocycles. The van der Waals surface area contributed by atoms with Crippen LogP contribution in [0.25, 0.3) is 0 Å². The second-order valence-corrected chi connectivity index (χ2v) is 4.30. The minimum atomic E-state index is -1.10. The summed E-state index contributed by atoms with van der Waals surface area (Å²) in [7, 11) is 0. The molecule has 0 spiro atoms. The summed E-state index contributed by atoms with van der Waals surface area (Å²) < 4.78 is 0. The first-order chi connectivity index (χ1) is 8.50. The average molecular weight is 257 g/mol. The van der Waals surface area contributed by atoms with Gasteiger partial charge in [-0.25, -0.2) is 4.79 Å². The van der Waals surface area contributed by atoms with Gasteiger partial charge in [0.15, 0.2) is 0 Å². The predicted molar refractivity (Wildman–Crippen MR) is 64.1 cm³/mol. The van der Waals surface area contributed by atoms with Crippen molar-refractivity contribution in [2.45, 2.75) is 32.2 Å². The number of hydrogen-bond acceptors (Lipinski definition) is 3. The number of carbonyl (C=O) groups excluding carboxylic acids is 2. The van der Waals surface area contributed by atoms with Crippen molar-refractivity contribution >= 4 is 17.9 Å². The standard InChI is InChI=1S/C11H19N3O4/c1-8(10(16)17)13-11(18)12-5-4-9(15)14-6-2-3-7-14/h8H,2-7H2,1H3,(H,16,17)(H2,12,13,18)/t8-/m1/s1. The lowest BCUT2D eigenvalue weighted by Crippen LogP contribution is -2.45. The van der Waals surface area contributed by atoms with Gasteiger partial charge in [-0.2, -0.15) is 0 Å². The lowest BCUT2D eigenvalue weighted by Gasteiger charge is -2.15. The number of carbonyl (C=O) groups is 3. The molecule has 0 saturated carbocycles. The van der Waals surface area contributed by atoms with Crippen LogP contribution in [0, 0.1) is 0 Å². The Hall–Kier alpha value is -1.79. The summed E-state index contributed by atoms with van der Waals surface area (Å²) in [6.45, 7) is 3.17. The van der Waals surface area contributed by atoms with Crippen molar-refractivity contribution in [3.63, 3.8) is 0 Å². The summed E-state index contributed by atoms with van der Waals surface area (Å²) >= 11 is 0. The average Bonchev–Trinajstić information content (AvgIpc) is 2.81. The fraction of sp³-hybridized carbons (Fsp3) is 0.727. The van der Waals surface area contributed by atoms with E-state index in [2.05, 4.69) is 10.6 Å². The second kappa shape index (κ2) is 6.83. The van der Waals surface area contributed by atoms with Gasteiger partial charge < -0.3 is 20.6 Å². The zero-order chi connectivity index (χ0) is 13.5. The molecule has 0 radical (unpaired) electrons. The molecule has 1 saturated heterocycles. The number of aliphatic carboxylic acids is 1. The van der Waals surface area contributed by atoms with Crippen LogP contribution in [0.5, 0.6) is 0 Å². The Balaban J connectivity index is 2.15. The maximum atomic E-state index is 11.6. The van der Waals surface area contributed by atoms with Gasteiger partial charge in [0.2, 0.25) is 5.91 Å². The normalized spacial score (nSPS) is 16.2. The first-order valence-electron chi connectivity index (χ1n) is 6.05. The number of likely N-dealkylation sites (tertiary alicyclic amines) is 1. The van der Waals surface area contributed by atoms with Crippen LogP contribution in [0.4, 0.5) is 4.79 Å². The van der Waals surface area contributed by atoms with E-state index in [-0.39, 0.29) is 18.9 Å². The maximum absolute atomic E-state index is 11.6. The molecule has 0 aromatic carbocycles. The van der Waals surface area contributed by atoms with E-state index in [0.29, 0.717) is 0 Å². The fourth-order valence-electron chi connectivity index (χ4n) is 1.72. The van der Waals surface area contributed by atoms with Gasteiger partial charge in [0.25, 0.3) is 0 Å². The molecule has 0 unspecified atom stereocenters. The van der Waals surface area contributed by atoms with Gasteiger partial charge in [0.1, 0.15) is 6.04 Å². The number of hydrogen-bond donors (Lipinski definition) is 3. The van der Waals surface area contributed by atoms with Crippen LogP contribution in [0.1, 0.15) is 26.2 Å². The summed E-state index contributed by atoms with van der Waals surface area (Å²) in [5.41, 5.74) is 0. The van der Waals surface area contributed by atoms with Crippen LogP contribution in [-0.4, -0.2) is 53.6 Å². The van der Waals surface area contributed by atoms with Crippen molar-refractivity contribution < 1.29 is 19.5 Å². The smallest absolute Gasteiger partial charge is 0.325 e. The number of carboxylic acids is 1. The quantitative estimate of drug-likeness (QED) is 0.633. The molecule has 18 heavy (non-hydrogen) atoms. The molecule has 1 atom stereocenters. The zero-order valence-corrected chi connectivity index (χ0v) is 10.4. The zero-order valence-electron chi connectivity index (χ0n) is 10.4. The molecule has 3 N–H and O–H groups in total. The number of carboxylic acid groups (broad SMARTS) is 1. The largest absolute Gasteiger partial charge is 0.480 e. The van der Waals surface area contributed by atoms with Crippen molar-refractivity contribution in [1.82, 2.24) is 15.5 Å². The predicted octanol–water partition coefficient (Wildman–Crippen LogP) is -0.229. The highest BCUT2D eigenvalue weighted by atomic mass is 16.4. The number of urea groups is 1. The molecule has 1 heterocycles. The Morgan fingerprint density at radius 3 is 2.44 bits per heavy atom. The molecule has 0 aromatic heterocycles. The molecule has 1 rings (SSSR count). The molecular weight excluding hydrogens is 238 g/mol. The summed E-state index contributed by atoms with van der Waals surface area (Å²) in [6, 6.07) is -1.52. The van der Waals surface area contributed by atoms with Crippen LogP contribution < -0.4 is 10.6 Å². The first kappa shape index (κ1) is 14.3. The molecular formula is C11H19N3O4. The lowest BCUT2D eigenvalue weighted by molar-refractivity contribution is -0.138. The highest BCUT2D eigenvalue weighted by molar-refractivity contribution is 5.82.